The molecule has 4 nitrogen and oxygen atoms in total. The molecule has 2 aromatic heterocycles. The van der Waals surface area contributed by atoms with Gasteiger partial charge in [-0.15, -0.1) is 23.7 Å². The van der Waals surface area contributed by atoms with Gasteiger partial charge in [-0.2, -0.15) is 13.2 Å². The van der Waals surface area contributed by atoms with E-state index in [1.165, 1.54) is 17.7 Å². The first-order valence-electron chi connectivity index (χ1n) is 7.70. The normalized spacial score (nSPS) is 24.0. The van der Waals surface area contributed by atoms with Crippen molar-refractivity contribution in [2.45, 2.75) is 25.4 Å². The van der Waals surface area contributed by atoms with Crippen molar-refractivity contribution in [2.24, 2.45) is 5.41 Å². The zero-order valence-corrected chi connectivity index (χ0v) is 14.5. The van der Waals surface area contributed by atoms with Gasteiger partial charge in [-0.25, -0.2) is 9.97 Å². The predicted molar refractivity (Wildman–Crippen MR) is 91.2 cm³/mol. The molecule has 132 valence electrons. The second-order valence-electron chi connectivity index (χ2n) is 6.51. The monoisotopic (exact) mass is 378 g/mol. The van der Waals surface area contributed by atoms with Crippen molar-refractivity contribution in [1.29, 1.82) is 0 Å². The molecule has 0 bridgehead atoms. The summed E-state index contributed by atoms with van der Waals surface area (Å²) in [6.07, 6.45) is -1.38. The van der Waals surface area contributed by atoms with Crippen LogP contribution in [0.2, 0.25) is 0 Å². The fourth-order valence-corrected chi connectivity index (χ4v) is 4.82. The second-order valence-corrected chi connectivity index (χ2v) is 7.65. The second kappa shape index (κ2) is 6.31. The topological polar surface area (TPSA) is 41.1 Å². The van der Waals surface area contributed by atoms with E-state index in [-0.39, 0.29) is 12.4 Å². The van der Waals surface area contributed by atoms with Gasteiger partial charge in [-0.1, -0.05) is 0 Å². The zero-order valence-electron chi connectivity index (χ0n) is 12.9. The average Bonchev–Trinajstić information content (AvgIpc) is 3.17. The van der Waals surface area contributed by atoms with E-state index in [9.17, 15) is 13.2 Å². The Labute approximate surface area is 147 Å². The highest BCUT2D eigenvalue weighted by molar-refractivity contribution is 7.19. The maximum atomic E-state index is 12.6. The fourth-order valence-electron chi connectivity index (χ4n) is 3.66. The highest BCUT2D eigenvalue weighted by Crippen LogP contribution is 2.41. The van der Waals surface area contributed by atoms with Gasteiger partial charge >= 0.3 is 6.18 Å². The van der Waals surface area contributed by atoms with Crippen LogP contribution in [-0.4, -0.2) is 42.3 Å². The van der Waals surface area contributed by atoms with Gasteiger partial charge in [0.1, 0.15) is 12.1 Å². The smallest absolute Gasteiger partial charge is 0.355 e. The van der Waals surface area contributed by atoms with E-state index >= 15 is 0 Å². The Morgan fingerprint density at radius 2 is 2.12 bits per heavy atom. The summed E-state index contributed by atoms with van der Waals surface area (Å²) in [5, 5.41) is 3.41. The van der Waals surface area contributed by atoms with Crippen molar-refractivity contribution in [2.75, 3.05) is 31.1 Å². The van der Waals surface area contributed by atoms with Gasteiger partial charge < -0.3 is 10.2 Å². The molecule has 9 heteroatoms. The lowest BCUT2D eigenvalue weighted by atomic mass is 9.87. The Hall–Kier alpha value is -1.12. The zero-order chi connectivity index (χ0) is 16.1. The van der Waals surface area contributed by atoms with Crippen LogP contribution in [0.5, 0.6) is 0 Å². The third-order valence-electron chi connectivity index (χ3n) is 4.79. The van der Waals surface area contributed by atoms with Crippen LogP contribution in [0, 0.1) is 5.41 Å². The first-order valence-corrected chi connectivity index (χ1v) is 8.52. The van der Waals surface area contributed by atoms with Crippen LogP contribution in [0.25, 0.3) is 10.2 Å². The Morgan fingerprint density at radius 1 is 1.29 bits per heavy atom. The van der Waals surface area contributed by atoms with Crippen LogP contribution in [0.15, 0.2) is 12.4 Å². The van der Waals surface area contributed by atoms with Crippen LogP contribution in [0.4, 0.5) is 19.0 Å². The lowest BCUT2D eigenvalue weighted by Gasteiger charge is -2.23. The number of nitrogens with zero attached hydrogens (tertiary/aromatic N) is 3. The van der Waals surface area contributed by atoms with Crippen LogP contribution < -0.4 is 10.2 Å². The van der Waals surface area contributed by atoms with Crippen molar-refractivity contribution in [1.82, 2.24) is 15.3 Å². The number of hydrogen-bond acceptors (Lipinski definition) is 5. The molecule has 2 saturated heterocycles. The van der Waals surface area contributed by atoms with E-state index < -0.39 is 12.6 Å². The molecule has 2 aliphatic rings. The Balaban J connectivity index is 0.00000169. The highest BCUT2D eigenvalue weighted by atomic mass is 35.5. The molecule has 4 heterocycles. The molecule has 2 fully saturated rings. The van der Waals surface area contributed by atoms with E-state index in [0.717, 1.165) is 49.5 Å². The Morgan fingerprint density at radius 3 is 2.83 bits per heavy atom. The summed E-state index contributed by atoms with van der Waals surface area (Å²) < 4.78 is 38.6. The molecule has 0 radical (unpaired) electrons. The maximum absolute atomic E-state index is 12.6. The van der Waals surface area contributed by atoms with Crippen LogP contribution >= 0.6 is 23.7 Å². The fraction of sp³-hybridized carbons (Fsp3) is 0.600. The molecule has 4 rings (SSSR count). The molecule has 0 aromatic carbocycles. The van der Waals surface area contributed by atoms with E-state index in [0.29, 0.717) is 15.8 Å². The number of nitrogens with one attached hydrogen (secondary N) is 1. The van der Waals surface area contributed by atoms with Crippen molar-refractivity contribution in [3.05, 3.63) is 17.3 Å². The van der Waals surface area contributed by atoms with Gasteiger partial charge in [-0.05, 0) is 25.5 Å². The van der Waals surface area contributed by atoms with Crippen LogP contribution in [0.1, 0.15) is 17.7 Å². The molecule has 1 spiro atoms. The quantitative estimate of drug-likeness (QED) is 0.869. The first kappa shape index (κ1) is 17.7. The standard InChI is InChI=1S/C15H17F3N4S.ClH/c16-15(17,18)6-10-5-11-12(23-10)13(21-9-20-11)22-4-2-14(8-22)1-3-19-7-14;/h5,9,19H,1-4,6-8H2;1H. The van der Waals surface area contributed by atoms with Crippen molar-refractivity contribution in [3.8, 4) is 0 Å². The molecular weight excluding hydrogens is 361 g/mol. The van der Waals surface area contributed by atoms with Crippen molar-refractivity contribution >= 4 is 39.8 Å². The predicted octanol–water partition coefficient (Wildman–Crippen LogP) is 3.41. The van der Waals surface area contributed by atoms with E-state index in [4.69, 9.17) is 0 Å². The summed E-state index contributed by atoms with van der Waals surface area (Å²) in [6, 6.07) is 1.54. The van der Waals surface area contributed by atoms with Gasteiger partial charge in [0.25, 0.3) is 0 Å². The molecule has 1 atom stereocenters. The van der Waals surface area contributed by atoms with Gasteiger partial charge in [0.05, 0.1) is 16.6 Å². The summed E-state index contributed by atoms with van der Waals surface area (Å²) in [6.45, 7) is 3.88. The maximum Gasteiger partial charge on any atom is 0.393 e. The van der Waals surface area contributed by atoms with Crippen molar-refractivity contribution < 1.29 is 13.2 Å². The van der Waals surface area contributed by atoms with Gasteiger partial charge in [0, 0.05) is 29.9 Å². The third-order valence-corrected chi connectivity index (χ3v) is 5.91. The SMILES string of the molecule is Cl.FC(F)(F)Cc1cc2ncnc(N3CCC4(CCNC4)C3)c2s1. The van der Waals surface area contributed by atoms with Gasteiger partial charge in [0.2, 0.25) is 0 Å². The number of rotatable bonds is 2. The molecule has 1 N–H and O–H groups in total. The molecule has 0 aliphatic carbocycles. The van der Waals surface area contributed by atoms with Gasteiger partial charge in [0.15, 0.2) is 0 Å². The van der Waals surface area contributed by atoms with Crippen LogP contribution in [0.3, 0.4) is 0 Å². The minimum Gasteiger partial charge on any atom is -0.355 e. The number of thiophene rings is 1. The summed E-state index contributed by atoms with van der Waals surface area (Å²) in [5.41, 5.74) is 0.910. The number of halogens is 4. The number of alkyl halides is 3. The molecular formula is C15H18ClF3N4S. The minimum atomic E-state index is -4.19. The van der Waals surface area contributed by atoms with E-state index in [1.807, 2.05) is 0 Å². The number of hydrogen-bond donors (Lipinski definition) is 1. The highest BCUT2D eigenvalue weighted by Gasteiger charge is 2.41. The Kier molecular flexibility index (Phi) is 4.65. The summed E-state index contributed by atoms with van der Waals surface area (Å²) in [5.74, 6) is 0.789. The third kappa shape index (κ3) is 3.32. The molecule has 1 unspecified atom stereocenters. The lowest BCUT2D eigenvalue weighted by molar-refractivity contribution is -0.126. The van der Waals surface area contributed by atoms with E-state index in [1.54, 1.807) is 6.07 Å². The van der Waals surface area contributed by atoms with Gasteiger partial charge in [-0.3, -0.25) is 0 Å². The molecule has 24 heavy (non-hydrogen) atoms. The molecule has 0 saturated carbocycles. The largest absolute Gasteiger partial charge is 0.393 e. The summed E-state index contributed by atoms with van der Waals surface area (Å²) >= 11 is 1.17. The number of fused-ring (bicyclic) bond motifs is 1. The number of anilines is 1. The molecule has 2 aliphatic heterocycles. The van der Waals surface area contributed by atoms with E-state index in [2.05, 4.69) is 20.2 Å². The summed E-state index contributed by atoms with van der Waals surface area (Å²) in [4.78, 5) is 11.0. The minimum absolute atomic E-state index is 0. The van der Waals surface area contributed by atoms with Crippen LogP contribution in [-0.2, 0) is 6.42 Å². The van der Waals surface area contributed by atoms with Crippen molar-refractivity contribution in [3.63, 3.8) is 0 Å². The summed E-state index contributed by atoms with van der Waals surface area (Å²) in [7, 11) is 0. The number of aromatic nitrogens is 2. The molecule has 2 aromatic rings. The average molecular weight is 379 g/mol. The first-order chi connectivity index (χ1) is 10.9. The Bertz CT molecular complexity index is 727. The lowest BCUT2D eigenvalue weighted by Crippen LogP contribution is -2.29. The molecule has 0 amide bonds.